The second-order valence-electron chi connectivity index (χ2n) is 8.09. The van der Waals surface area contributed by atoms with Gasteiger partial charge < -0.3 is 10.6 Å². The quantitative estimate of drug-likeness (QED) is 0.527. The molecular weight excluding hydrogens is 435 g/mol. The highest BCUT2D eigenvalue weighted by atomic mass is 19.4. The first-order chi connectivity index (χ1) is 15.5. The molecule has 0 radical (unpaired) electrons. The fourth-order valence-electron chi connectivity index (χ4n) is 3.11. The van der Waals surface area contributed by atoms with Crippen LogP contribution in [0, 0.1) is 5.92 Å². The molecule has 0 saturated heterocycles. The third-order valence-corrected chi connectivity index (χ3v) is 4.80. The summed E-state index contributed by atoms with van der Waals surface area (Å²) in [6, 6.07) is 8.86. The summed E-state index contributed by atoms with van der Waals surface area (Å²) in [5.41, 5.74) is 0.913. The number of carbonyl (C=O) groups excluding carboxylic acids is 2. The highest BCUT2D eigenvalue weighted by Gasteiger charge is 2.31. The number of rotatable bonds is 6. The molecule has 0 fully saturated rings. The van der Waals surface area contributed by atoms with E-state index >= 15 is 0 Å². The lowest BCUT2D eigenvalue weighted by molar-refractivity contribution is -0.137. The van der Waals surface area contributed by atoms with Crippen molar-refractivity contribution in [3.05, 3.63) is 65.6 Å². The number of benzene rings is 1. The maximum atomic E-state index is 13.0. The number of alkyl halides is 3. The Labute approximate surface area is 189 Å². The molecule has 0 unspecified atom stereocenters. The number of nitrogens with zero attached hydrogens (tertiary/aromatic N) is 3. The van der Waals surface area contributed by atoms with Gasteiger partial charge in [0.1, 0.15) is 0 Å². The number of nitrogens with one attached hydrogen (secondary N) is 2. The second-order valence-corrected chi connectivity index (χ2v) is 8.09. The lowest BCUT2D eigenvalue weighted by atomic mass is 10.1. The van der Waals surface area contributed by atoms with Gasteiger partial charge in [0.25, 0.3) is 5.91 Å². The lowest BCUT2D eigenvalue weighted by Crippen LogP contribution is -2.18. The number of halogens is 3. The Morgan fingerprint density at radius 2 is 1.64 bits per heavy atom. The van der Waals surface area contributed by atoms with Crippen LogP contribution in [0.3, 0.4) is 0 Å². The summed E-state index contributed by atoms with van der Waals surface area (Å²) in [5.74, 6) is -0.783. The Balaban J connectivity index is 1.86. The Hall–Kier alpha value is -3.69. The minimum absolute atomic E-state index is 0.147. The van der Waals surface area contributed by atoms with Gasteiger partial charge in [0.2, 0.25) is 5.91 Å². The molecule has 7 nitrogen and oxygen atoms in total. The van der Waals surface area contributed by atoms with Gasteiger partial charge in [0, 0.05) is 23.5 Å². The summed E-state index contributed by atoms with van der Waals surface area (Å²) in [5, 5.41) is 9.74. The average molecular weight is 459 g/mol. The Morgan fingerprint density at radius 3 is 2.18 bits per heavy atom. The van der Waals surface area contributed by atoms with Gasteiger partial charge in [-0.1, -0.05) is 33.8 Å². The van der Waals surface area contributed by atoms with Crippen molar-refractivity contribution in [3.63, 3.8) is 0 Å². The predicted octanol–water partition coefficient (Wildman–Crippen LogP) is 5.26. The van der Waals surface area contributed by atoms with Crippen molar-refractivity contribution < 1.29 is 22.8 Å². The maximum absolute atomic E-state index is 13.0. The molecule has 3 rings (SSSR count). The van der Waals surface area contributed by atoms with E-state index in [1.807, 2.05) is 13.8 Å². The van der Waals surface area contributed by atoms with Gasteiger partial charge in [0.15, 0.2) is 5.82 Å². The molecule has 0 aliphatic heterocycles. The number of hydrogen-bond donors (Lipinski definition) is 2. The molecular formula is C23H24F3N5O2. The normalized spacial score (nSPS) is 11.7. The molecule has 0 saturated carbocycles. The third kappa shape index (κ3) is 5.57. The van der Waals surface area contributed by atoms with Crippen LogP contribution in [-0.4, -0.2) is 26.6 Å². The zero-order chi connectivity index (χ0) is 24.3. The molecule has 2 N–H and O–H groups in total. The summed E-state index contributed by atoms with van der Waals surface area (Å²) in [6.45, 7) is 7.24. The summed E-state index contributed by atoms with van der Waals surface area (Å²) < 4.78 is 39.9. The van der Waals surface area contributed by atoms with Crippen LogP contribution in [0.2, 0.25) is 0 Å². The van der Waals surface area contributed by atoms with Crippen molar-refractivity contribution >= 4 is 23.2 Å². The average Bonchev–Trinajstić information content (AvgIpc) is 3.19. The zero-order valence-electron chi connectivity index (χ0n) is 18.6. The summed E-state index contributed by atoms with van der Waals surface area (Å²) >= 11 is 0. The molecule has 3 aromatic rings. The van der Waals surface area contributed by atoms with Crippen LogP contribution in [0.4, 0.5) is 24.5 Å². The molecule has 2 amide bonds. The zero-order valence-corrected chi connectivity index (χ0v) is 18.6. The SMILES string of the molecule is CC(C)C(=O)Nc1cccc(NC(=O)c2cnn(-c3ccc(C(F)(F)F)cn3)c2C(C)C)c1. The van der Waals surface area contributed by atoms with E-state index in [2.05, 4.69) is 20.7 Å². The van der Waals surface area contributed by atoms with Crippen LogP contribution in [0.1, 0.15) is 55.2 Å². The van der Waals surface area contributed by atoms with E-state index in [0.717, 1.165) is 12.3 Å². The van der Waals surface area contributed by atoms with Crippen molar-refractivity contribution in [2.45, 2.75) is 39.8 Å². The van der Waals surface area contributed by atoms with E-state index in [1.165, 1.54) is 16.9 Å². The Morgan fingerprint density at radius 1 is 0.970 bits per heavy atom. The van der Waals surface area contributed by atoms with E-state index in [4.69, 9.17) is 0 Å². The number of amides is 2. The molecule has 33 heavy (non-hydrogen) atoms. The van der Waals surface area contributed by atoms with Gasteiger partial charge in [-0.2, -0.15) is 18.3 Å². The van der Waals surface area contributed by atoms with Gasteiger partial charge in [-0.05, 0) is 36.2 Å². The van der Waals surface area contributed by atoms with Gasteiger partial charge in [-0.25, -0.2) is 9.67 Å². The maximum Gasteiger partial charge on any atom is 0.417 e. The van der Waals surface area contributed by atoms with Gasteiger partial charge in [-0.15, -0.1) is 0 Å². The molecule has 2 aromatic heterocycles. The molecule has 10 heteroatoms. The number of anilines is 2. The van der Waals surface area contributed by atoms with Gasteiger partial charge in [0.05, 0.1) is 23.0 Å². The fourth-order valence-corrected chi connectivity index (χ4v) is 3.11. The van der Waals surface area contributed by atoms with Crippen LogP contribution in [0.5, 0.6) is 0 Å². The largest absolute Gasteiger partial charge is 0.417 e. The number of carbonyl (C=O) groups is 2. The van der Waals surface area contributed by atoms with E-state index in [9.17, 15) is 22.8 Å². The van der Waals surface area contributed by atoms with E-state index in [1.54, 1.807) is 38.1 Å². The third-order valence-electron chi connectivity index (χ3n) is 4.80. The number of aromatic nitrogens is 3. The van der Waals surface area contributed by atoms with Gasteiger partial charge in [-0.3, -0.25) is 9.59 Å². The molecule has 2 heterocycles. The molecule has 1 aromatic carbocycles. The molecule has 0 spiro atoms. The first kappa shape index (κ1) is 24.0. The minimum atomic E-state index is -4.50. The summed E-state index contributed by atoms with van der Waals surface area (Å²) in [6.07, 6.45) is -2.41. The van der Waals surface area contributed by atoms with Crippen molar-refractivity contribution in [2.75, 3.05) is 10.6 Å². The van der Waals surface area contributed by atoms with Gasteiger partial charge >= 0.3 is 6.18 Å². The van der Waals surface area contributed by atoms with Crippen molar-refractivity contribution in [2.24, 2.45) is 5.92 Å². The van der Waals surface area contributed by atoms with Crippen molar-refractivity contribution in [1.29, 1.82) is 0 Å². The van der Waals surface area contributed by atoms with E-state index < -0.39 is 17.6 Å². The second kappa shape index (κ2) is 9.43. The van der Waals surface area contributed by atoms with Crippen LogP contribution >= 0.6 is 0 Å². The first-order valence-corrected chi connectivity index (χ1v) is 10.3. The molecule has 0 aliphatic carbocycles. The first-order valence-electron chi connectivity index (χ1n) is 10.3. The monoisotopic (exact) mass is 459 g/mol. The molecule has 0 aliphatic rings. The standard InChI is InChI=1S/C23H24F3N5O2/c1-13(2)20-18(12-28-31(20)19-9-8-15(11-27-19)23(24,25)26)22(33)30-17-7-5-6-16(10-17)29-21(32)14(3)4/h5-14H,1-4H3,(H,29,32)(H,30,33). The van der Waals surface area contributed by atoms with Crippen LogP contribution in [-0.2, 0) is 11.0 Å². The van der Waals surface area contributed by atoms with Crippen LogP contribution in [0.15, 0.2) is 48.8 Å². The highest BCUT2D eigenvalue weighted by Crippen LogP contribution is 2.29. The topological polar surface area (TPSA) is 88.9 Å². The molecule has 0 atom stereocenters. The predicted molar refractivity (Wildman–Crippen MR) is 118 cm³/mol. The number of pyridine rings is 1. The van der Waals surface area contributed by atoms with Crippen LogP contribution < -0.4 is 10.6 Å². The summed E-state index contributed by atoms with van der Waals surface area (Å²) in [4.78, 5) is 28.8. The Kier molecular flexibility index (Phi) is 6.85. The molecule has 0 bridgehead atoms. The van der Waals surface area contributed by atoms with E-state index in [0.29, 0.717) is 17.1 Å². The van der Waals surface area contributed by atoms with Crippen LogP contribution in [0.25, 0.3) is 5.82 Å². The summed E-state index contributed by atoms with van der Waals surface area (Å²) in [7, 11) is 0. The van der Waals surface area contributed by atoms with Crippen molar-refractivity contribution in [3.8, 4) is 5.82 Å². The number of hydrogen-bond acceptors (Lipinski definition) is 4. The highest BCUT2D eigenvalue weighted by molar-refractivity contribution is 6.05. The minimum Gasteiger partial charge on any atom is -0.326 e. The molecule has 174 valence electrons. The van der Waals surface area contributed by atoms with E-state index in [-0.39, 0.29) is 29.1 Å². The Bertz CT molecular complexity index is 1150. The van der Waals surface area contributed by atoms with Crippen molar-refractivity contribution in [1.82, 2.24) is 14.8 Å². The fraction of sp³-hybridized carbons (Fsp3) is 0.304. The lowest BCUT2D eigenvalue weighted by Gasteiger charge is -2.14. The smallest absolute Gasteiger partial charge is 0.326 e.